The van der Waals surface area contributed by atoms with E-state index in [-0.39, 0.29) is 6.42 Å². The normalized spacial score (nSPS) is 12.0. The summed E-state index contributed by atoms with van der Waals surface area (Å²) in [5, 5.41) is 2.15. The van der Waals surface area contributed by atoms with Gasteiger partial charge in [-0.3, -0.25) is 4.79 Å². The summed E-state index contributed by atoms with van der Waals surface area (Å²) in [4.78, 5) is 11.8. The third-order valence-electron chi connectivity index (χ3n) is 2.93. The molecule has 2 aromatic carbocycles. The lowest BCUT2D eigenvalue weighted by Crippen LogP contribution is -2.37. The second kappa shape index (κ2) is 6.41. The van der Waals surface area contributed by atoms with Gasteiger partial charge in [-0.2, -0.15) is 0 Å². The molecule has 0 aliphatic carbocycles. The Hall–Kier alpha value is -2.34. The number of benzene rings is 2. The highest BCUT2D eigenvalue weighted by molar-refractivity contribution is 5.94. The first-order valence-electron chi connectivity index (χ1n) is 6.23. The Balaban J connectivity index is 2.06. The van der Waals surface area contributed by atoms with Gasteiger partial charge in [0.2, 0.25) is 5.91 Å². The van der Waals surface area contributed by atoms with Crippen LogP contribution in [0, 0.1) is 17.5 Å². The van der Waals surface area contributed by atoms with Crippen LogP contribution in [0.15, 0.2) is 42.5 Å². The zero-order valence-electron chi connectivity index (χ0n) is 10.9. The van der Waals surface area contributed by atoms with E-state index in [4.69, 9.17) is 5.73 Å². The molecule has 0 heterocycles. The molecular weight excluding hydrogens is 281 g/mol. The number of amides is 1. The molecule has 0 spiro atoms. The molecule has 3 N–H and O–H groups in total. The average Bonchev–Trinajstić information content (AvgIpc) is 2.48. The molecule has 1 atom stereocenters. The average molecular weight is 294 g/mol. The summed E-state index contributed by atoms with van der Waals surface area (Å²) in [6.07, 6.45) is 0.248. The highest BCUT2D eigenvalue weighted by Crippen LogP contribution is 2.19. The Morgan fingerprint density at radius 1 is 1.05 bits per heavy atom. The third kappa shape index (κ3) is 3.61. The van der Waals surface area contributed by atoms with Gasteiger partial charge in [-0.05, 0) is 24.1 Å². The quantitative estimate of drug-likeness (QED) is 0.852. The van der Waals surface area contributed by atoms with Crippen molar-refractivity contribution in [2.45, 2.75) is 12.5 Å². The molecule has 6 heteroatoms. The number of carbonyl (C=O) groups is 1. The Kier molecular flexibility index (Phi) is 4.59. The van der Waals surface area contributed by atoms with E-state index in [0.717, 1.165) is 17.7 Å². The van der Waals surface area contributed by atoms with Gasteiger partial charge in [0.25, 0.3) is 0 Å². The van der Waals surface area contributed by atoms with E-state index in [1.54, 1.807) is 24.3 Å². The molecule has 21 heavy (non-hydrogen) atoms. The van der Waals surface area contributed by atoms with E-state index in [2.05, 4.69) is 5.32 Å². The van der Waals surface area contributed by atoms with Gasteiger partial charge in [0.15, 0.2) is 17.5 Å². The van der Waals surface area contributed by atoms with Crippen molar-refractivity contribution in [3.63, 3.8) is 0 Å². The fraction of sp³-hybridized carbons (Fsp3) is 0.133. The van der Waals surface area contributed by atoms with E-state index in [1.807, 2.05) is 6.07 Å². The zero-order chi connectivity index (χ0) is 15.4. The molecule has 2 rings (SSSR count). The van der Waals surface area contributed by atoms with Gasteiger partial charge in [0.1, 0.15) is 0 Å². The smallest absolute Gasteiger partial charge is 0.241 e. The summed E-state index contributed by atoms with van der Waals surface area (Å²) in [6, 6.07) is 9.77. The largest absolute Gasteiger partial charge is 0.322 e. The van der Waals surface area contributed by atoms with E-state index in [0.29, 0.717) is 0 Å². The Bertz CT molecular complexity index is 647. The zero-order valence-corrected chi connectivity index (χ0v) is 10.9. The van der Waals surface area contributed by atoms with Crippen LogP contribution in [0.5, 0.6) is 0 Å². The van der Waals surface area contributed by atoms with Crippen molar-refractivity contribution in [2.24, 2.45) is 5.73 Å². The number of hydrogen-bond acceptors (Lipinski definition) is 2. The first kappa shape index (κ1) is 15.1. The van der Waals surface area contributed by atoms with Crippen molar-refractivity contribution in [1.82, 2.24) is 0 Å². The molecule has 0 fully saturated rings. The number of hydrogen-bond donors (Lipinski definition) is 2. The highest BCUT2D eigenvalue weighted by atomic mass is 19.2. The third-order valence-corrected chi connectivity index (χ3v) is 2.93. The summed E-state index contributed by atoms with van der Waals surface area (Å²) in [7, 11) is 0. The van der Waals surface area contributed by atoms with Crippen molar-refractivity contribution in [3.8, 4) is 0 Å². The summed E-state index contributed by atoms with van der Waals surface area (Å²) in [6.45, 7) is 0. The van der Waals surface area contributed by atoms with Crippen LogP contribution in [0.3, 0.4) is 0 Å². The summed E-state index contributed by atoms with van der Waals surface area (Å²) in [5.41, 5.74) is 6.11. The lowest BCUT2D eigenvalue weighted by molar-refractivity contribution is -0.117. The van der Waals surface area contributed by atoms with Crippen LogP contribution in [0.2, 0.25) is 0 Å². The van der Waals surface area contributed by atoms with Crippen molar-refractivity contribution in [2.75, 3.05) is 5.32 Å². The molecule has 0 aromatic heterocycles. The summed E-state index contributed by atoms with van der Waals surface area (Å²) in [5.74, 6) is -5.08. The molecule has 1 amide bonds. The van der Waals surface area contributed by atoms with Crippen LogP contribution in [0.4, 0.5) is 18.9 Å². The van der Waals surface area contributed by atoms with Gasteiger partial charge >= 0.3 is 0 Å². The molecule has 0 radical (unpaired) electrons. The minimum atomic E-state index is -1.63. The van der Waals surface area contributed by atoms with E-state index >= 15 is 0 Å². The van der Waals surface area contributed by atoms with Crippen molar-refractivity contribution in [3.05, 3.63) is 65.5 Å². The van der Waals surface area contributed by atoms with Crippen LogP contribution in [0.1, 0.15) is 5.56 Å². The predicted octanol–water partition coefficient (Wildman–Crippen LogP) is 2.61. The number of nitrogens with one attached hydrogen (secondary N) is 1. The first-order valence-corrected chi connectivity index (χ1v) is 6.23. The molecule has 2 aromatic rings. The lowest BCUT2D eigenvalue weighted by Gasteiger charge is -2.13. The van der Waals surface area contributed by atoms with Gasteiger partial charge < -0.3 is 11.1 Å². The predicted molar refractivity (Wildman–Crippen MR) is 73.1 cm³/mol. The highest BCUT2D eigenvalue weighted by Gasteiger charge is 2.19. The van der Waals surface area contributed by atoms with Crippen molar-refractivity contribution >= 4 is 11.6 Å². The lowest BCUT2D eigenvalue weighted by atomic mass is 10.1. The van der Waals surface area contributed by atoms with Gasteiger partial charge in [-0.1, -0.05) is 30.3 Å². The monoisotopic (exact) mass is 294 g/mol. The van der Waals surface area contributed by atoms with Gasteiger partial charge in [0, 0.05) is 0 Å². The Morgan fingerprint density at radius 3 is 2.38 bits per heavy atom. The molecule has 0 saturated heterocycles. The number of carbonyl (C=O) groups excluding carboxylic acids is 1. The second-order valence-corrected chi connectivity index (χ2v) is 4.51. The van der Waals surface area contributed by atoms with Crippen LogP contribution >= 0.6 is 0 Å². The SMILES string of the molecule is N[C@@H](Cc1ccccc1)C(=O)Nc1ccc(F)c(F)c1F. The fourth-order valence-electron chi connectivity index (χ4n) is 1.81. The number of anilines is 1. The summed E-state index contributed by atoms with van der Waals surface area (Å²) >= 11 is 0. The van der Waals surface area contributed by atoms with E-state index in [1.165, 1.54) is 0 Å². The minimum Gasteiger partial charge on any atom is -0.322 e. The molecule has 0 unspecified atom stereocenters. The van der Waals surface area contributed by atoms with Crippen LogP contribution < -0.4 is 11.1 Å². The number of rotatable bonds is 4. The number of nitrogens with two attached hydrogens (primary N) is 1. The fourth-order valence-corrected chi connectivity index (χ4v) is 1.81. The van der Waals surface area contributed by atoms with Crippen LogP contribution in [0.25, 0.3) is 0 Å². The molecule has 0 aliphatic heterocycles. The minimum absolute atomic E-state index is 0.248. The maximum atomic E-state index is 13.4. The van der Waals surface area contributed by atoms with E-state index < -0.39 is 35.1 Å². The Labute approximate surface area is 119 Å². The molecule has 3 nitrogen and oxygen atoms in total. The second-order valence-electron chi connectivity index (χ2n) is 4.51. The summed E-state index contributed by atoms with van der Waals surface area (Å²) < 4.78 is 39.3. The molecular formula is C15H13F3N2O. The standard InChI is InChI=1S/C15H13F3N2O/c16-10-6-7-12(14(18)13(10)17)20-15(21)11(19)8-9-4-2-1-3-5-9/h1-7,11H,8,19H2,(H,20,21)/t11-/m0/s1. The van der Waals surface area contributed by atoms with Crippen LogP contribution in [-0.2, 0) is 11.2 Å². The number of halogens is 3. The Morgan fingerprint density at radius 2 is 1.71 bits per heavy atom. The molecule has 110 valence electrons. The maximum absolute atomic E-state index is 13.4. The topological polar surface area (TPSA) is 55.1 Å². The molecule has 0 bridgehead atoms. The van der Waals surface area contributed by atoms with E-state index in [9.17, 15) is 18.0 Å². The van der Waals surface area contributed by atoms with Crippen LogP contribution in [-0.4, -0.2) is 11.9 Å². The maximum Gasteiger partial charge on any atom is 0.241 e. The van der Waals surface area contributed by atoms with Gasteiger partial charge in [0.05, 0.1) is 11.7 Å². The van der Waals surface area contributed by atoms with Gasteiger partial charge in [-0.25, -0.2) is 13.2 Å². The van der Waals surface area contributed by atoms with Crippen molar-refractivity contribution in [1.29, 1.82) is 0 Å². The molecule has 0 aliphatic rings. The molecule has 0 saturated carbocycles. The van der Waals surface area contributed by atoms with Gasteiger partial charge in [-0.15, -0.1) is 0 Å². The van der Waals surface area contributed by atoms with Crippen molar-refractivity contribution < 1.29 is 18.0 Å². The first-order chi connectivity index (χ1) is 9.99.